The van der Waals surface area contributed by atoms with Crippen LogP contribution < -0.4 is 10.6 Å². The van der Waals surface area contributed by atoms with E-state index in [1.54, 1.807) is 0 Å². The van der Waals surface area contributed by atoms with Gasteiger partial charge in [-0.15, -0.1) is 0 Å². The molecule has 2 amide bonds. The molecule has 150 valence electrons. The number of alkyl halides is 3. The fourth-order valence-electron chi connectivity index (χ4n) is 3.29. The summed E-state index contributed by atoms with van der Waals surface area (Å²) in [6.07, 6.45) is 0.0264. The normalized spacial score (nSPS) is 16.6. The van der Waals surface area contributed by atoms with E-state index < -0.39 is 29.0 Å². The highest BCUT2D eigenvalue weighted by Crippen LogP contribution is 2.33. The van der Waals surface area contributed by atoms with E-state index in [0.717, 1.165) is 38.2 Å². The van der Waals surface area contributed by atoms with Gasteiger partial charge in [-0.1, -0.05) is 32.6 Å². The minimum Gasteiger partial charge on any atom is -0.354 e. The summed E-state index contributed by atoms with van der Waals surface area (Å²) in [5, 5.41) is 5.43. The van der Waals surface area contributed by atoms with E-state index in [1.165, 1.54) is 0 Å². The van der Waals surface area contributed by atoms with E-state index in [2.05, 4.69) is 10.6 Å². The number of carbonyl (C=O) groups excluding carboxylic acids is 2. The molecule has 0 aromatic heterocycles. The first-order valence-electron chi connectivity index (χ1n) is 9.17. The van der Waals surface area contributed by atoms with Crippen molar-refractivity contribution in [1.82, 2.24) is 10.6 Å². The molecule has 4 nitrogen and oxygen atoms in total. The van der Waals surface area contributed by atoms with Crippen LogP contribution in [0, 0.1) is 5.82 Å². The third-order valence-electron chi connectivity index (χ3n) is 4.84. The summed E-state index contributed by atoms with van der Waals surface area (Å²) < 4.78 is 52.1. The summed E-state index contributed by atoms with van der Waals surface area (Å²) >= 11 is 0. The molecule has 27 heavy (non-hydrogen) atoms. The maximum atomic E-state index is 13.4. The van der Waals surface area contributed by atoms with Crippen LogP contribution in [0.1, 0.15) is 67.8 Å². The molecule has 1 fully saturated rings. The molecular formula is C19H24F4N2O2. The second kappa shape index (κ2) is 8.71. The first kappa shape index (κ1) is 21.2. The number of rotatable bonds is 6. The summed E-state index contributed by atoms with van der Waals surface area (Å²) in [5.74, 6) is -2.57. The van der Waals surface area contributed by atoms with Crippen molar-refractivity contribution in [3.63, 3.8) is 0 Å². The van der Waals surface area contributed by atoms with Crippen LogP contribution in [0.3, 0.4) is 0 Å². The zero-order chi connectivity index (χ0) is 20.1. The quantitative estimate of drug-likeness (QED) is 0.567. The number of nitrogens with one attached hydrogen (secondary N) is 2. The third kappa shape index (κ3) is 5.20. The Bertz CT molecular complexity index is 683. The van der Waals surface area contributed by atoms with Crippen LogP contribution in [0.15, 0.2) is 18.2 Å². The predicted molar refractivity (Wildman–Crippen MR) is 92.6 cm³/mol. The Hall–Kier alpha value is -2.12. The summed E-state index contributed by atoms with van der Waals surface area (Å²) in [5.41, 5.74) is -2.97. The van der Waals surface area contributed by atoms with Crippen molar-refractivity contribution in [2.24, 2.45) is 0 Å². The smallest absolute Gasteiger partial charge is 0.354 e. The van der Waals surface area contributed by atoms with Crippen LogP contribution in [0.25, 0.3) is 0 Å². The summed E-state index contributed by atoms with van der Waals surface area (Å²) in [7, 11) is 0. The first-order valence-corrected chi connectivity index (χ1v) is 9.17. The van der Waals surface area contributed by atoms with E-state index in [4.69, 9.17) is 0 Å². The molecule has 1 saturated carbocycles. The van der Waals surface area contributed by atoms with Gasteiger partial charge in [-0.2, -0.15) is 13.2 Å². The SMILES string of the molecule is CCCCNC(=O)C1(NC(=O)c2ccc(F)c(C(F)(F)F)c2)CCCCC1. The van der Waals surface area contributed by atoms with Gasteiger partial charge in [0.05, 0.1) is 5.56 Å². The minimum atomic E-state index is -4.90. The van der Waals surface area contributed by atoms with E-state index in [0.29, 0.717) is 31.5 Å². The van der Waals surface area contributed by atoms with Gasteiger partial charge < -0.3 is 10.6 Å². The molecule has 0 spiro atoms. The van der Waals surface area contributed by atoms with Gasteiger partial charge >= 0.3 is 6.18 Å². The molecular weight excluding hydrogens is 364 g/mol. The van der Waals surface area contributed by atoms with Crippen LogP contribution in [-0.4, -0.2) is 23.9 Å². The second-order valence-electron chi connectivity index (χ2n) is 6.90. The lowest BCUT2D eigenvalue weighted by Gasteiger charge is -2.36. The van der Waals surface area contributed by atoms with Crippen molar-refractivity contribution in [2.45, 2.75) is 63.6 Å². The maximum absolute atomic E-state index is 13.4. The highest BCUT2D eigenvalue weighted by molar-refractivity contribution is 5.99. The zero-order valence-electron chi connectivity index (χ0n) is 15.2. The first-order chi connectivity index (χ1) is 12.7. The largest absolute Gasteiger partial charge is 0.419 e. The highest BCUT2D eigenvalue weighted by Gasteiger charge is 2.41. The fourth-order valence-corrected chi connectivity index (χ4v) is 3.29. The number of benzene rings is 1. The van der Waals surface area contributed by atoms with Crippen molar-refractivity contribution < 1.29 is 27.2 Å². The molecule has 1 aromatic rings. The van der Waals surface area contributed by atoms with Crippen LogP contribution >= 0.6 is 0 Å². The van der Waals surface area contributed by atoms with Crippen molar-refractivity contribution in [3.05, 3.63) is 35.1 Å². The lowest BCUT2D eigenvalue weighted by molar-refractivity contribution is -0.140. The summed E-state index contributed by atoms with van der Waals surface area (Å²) in [4.78, 5) is 25.2. The zero-order valence-corrected chi connectivity index (χ0v) is 15.2. The maximum Gasteiger partial charge on any atom is 0.419 e. The van der Waals surface area contributed by atoms with E-state index in [9.17, 15) is 27.2 Å². The van der Waals surface area contributed by atoms with Crippen molar-refractivity contribution >= 4 is 11.8 Å². The van der Waals surface area contributed by atoms with E-state index >= 15 is 0 Å². The topological polar surface area (TPSA) is 58.2 Å². The Morgan fingerprint density at radius 1 is 1.15 bits per heavy atom. The number of carbonyl (C=O) groups is 2. The molecule has 0 heterocycles. The standard InChI is InChI=1S/C19H24F4N2O2/c1-2-3-11-24-17(27)18(9-5-4-6-10-18)25-16(26)13-7-8-15(20)14(12-13)19(21,22)23/h7-8,12H,2-6,9-11H2,1H3,(H,24,27)(H,25,26). The number of hydrogen-bond donors (Lipinski definition) is 2. The van der Waals surface area contributed by atoms with E-state index in [-0.39, 0.29) is 11.5 Å². The van der Waals surface area contributed by atoms with E-state index in [1.807, 2.05) is 6.92 Å². The van der Waals surface area contributed by atoms with Gasteiger partial charge in [-0.3, -0.25) is 9.59 Å². The van der Waals surface area contributed by atoms with Crippen LogP contribution in [-0.2, 0) is 11.0 Å². The number of amides is 2. The Kier molecular flexibility index (Phi) is 6.84. The molecule has 0 aliphatic heterocycles. The van der Waals surface area contributed by atoms with Crippen molar-refractivity contribution in [2.75, 3.05) is 6.54 Å². The monoisotopic (exact) mass is 388 g/mol. The Balaban J connectivity index is 2.22. The Morgan fingerprint density at radius 3 is 2.41 bits per heavy atom. The lowest BCUT2D eigenvalue weighted by atomic mass is 9.80. The van der Waals surface area contributed by atoms with Gasteiger partial charge in [0.2, 0.25) is 5.91 Å². The molecule has 1 aliphatic carbocycles. The van der Waals surface area contributed by atoms with Gasteiger partial charge in [0.15, 0.2) is 0 Å². The average molecular weight is 388 g/mol. The van der Waals surface area contributed by atoms with Gasteiger partial charge in [0.1, 0.15) is 11.4 Å². The van der Waals surface area contributed by atoms with Gasteiger partial charge in [0.25, 0.3) is 5.91 Å². The molecule has 0 bridgehead atoms. The number of unbranched alkanes of at least 4 members (excludes halogenated alkanes) is 1. The molecule has 2 N–H and O–H groups in total. The minimum absolute atomic E-state index is 0.317. The van der Waals surface area contributed by atoms with Crippen LogP contribution in [0.5, 0.6) is 0 Å². The Morgan fingerprint density at radius 2 is 1.81 bits per heavy atom. The molecule has 1 aromatic carbocycles. The van der Waals surface area contributed by atoms with Crippen LogP contribution in [0.4, 0.5) is 17.6 Å². The summed E-state index contributed by atoms with van der Waals surface area (Å²) in [6, 6.07) is 2.09. The molecule has 0 radical (unpaired) electrons. The fraction of sp³-hybridized carbons (Fsp3) is 0.579. The lowest BCUT2D eigenvalue weighted by Crippen LogP contribution is -2.59. The van der Waals surface area contributed by atoms with Gasteiger partial charge in [0, 0.05) is 12.1 Å². The second-order valence-corrected chi connectivity index (χ2v) is 6.90. The van der Waals surface area contributed by atoms with Crippen LogP contribution in [0.2, 0.25) is 0 Å². The molecule has 1 aliphatic rings. The average Bonchev–Trinajstić information content (AvgIpc) is 2.62. The number of hydrogen-bond acceptors (Lipinski definition) is 2. The molecule has 0 unspecified atom stereocenters. The van der Waals surface area contributed by atoms with Gasteiger partial charge in [-0.05, 0) is 37.5 Å². The Labute approximate surface area is 155 Å². The molecule has 0 saturated heterocycles. The highest BCUT2D eigenvalue weighted by atomic mass is 19.4. The third-order valence-corrected chi connectivity index (χ3v) is 4.84. The van der Waals surface area contributed by atoms with Gasteiger partial charge in [-0.25, -0.2) is 4.39 Å². The molecule has 2 rings (SSSR count). The van der Waals surface area contributed by atoms with Crippen molar-refractivity contribution in [3.8, 4) is 0 Å². The number of halogens is 4. The van der Waals surface area contributed by atoms with Crippen molar-refractivity contribution in [1.29, 1.82) is 0 Å². The molecule has 8 heteroatoms. The molecule has 0 atom stereocenters. The predicted octanol–water partition coefficient (Wildman–Crippen LogP) is 4.19. The summed E-state index contributed by atoms with van der Waals surface area (Å²) in [6.45, 7) is 2.46.